The molecule has 0 saturated carbocycles. The summed E-state index contributed by atoms with van der Waals surface area (Å²) in [6.45, 7) is 4.36. The lowest BCUT2D eigenvalue weighted by molar-refractivity contribution is 0.886. The van der Waals surface area contributed by atoms with E-state index in [-0.39, 0.29) is 11.1 Å². The third-order valence-corrected chi connectivity index (χ3v) is 2.32. The molecule has 0 amide bonds. The molecule has 2 aromatic rings. The molecule has 0 spiro atoms. The summed E-state index contributed by atoms with van der Waals surface area (Å²) in [5.41, 5.74) is 5.27. The number of aromatic amines is 2. The van der Waals surface area contributed by atoms with Gasteiger partial charge in [0, 0.05) is 5.69 Å². The van der Waals surface area contributed by atoms with E-state index in [4.69, 9.17) is 5.73 Å². The third kappa shape index (κ3) is 3.21. The Morgan fingerprint density at radius 1 is 1.00 bits per heavy atom. The van der Waals surface area contributed by atoms with Crippen LogP contribution in [-0.4, -0.2) is 10.2 Å². The lowest BCUT2D eigenvalue weighted by Gasteiger charge is -1.96. The van der Waals surface area contributed by atoms with E-state index >= 15 is 0 Å². The molecule has 4 N–H and O–H groups in total. The fourth-order valence-electron chi connectivity index (χ4n) is 1.20. The van der Waals surface area contributed by atoms with Crippen LogP contribution in [0.25, 0.3) is 10.8 Å². The summed E-state index contributed by atoms with van der Waals surface area (Å²) < 4.78 is 0. The monoisotopic (exact) mass is 235 g/mol. The Morgan fingerprint density at radius 2 is 1.53 bits per heavy atom. The zero-order chi connectivity index (χ0) is 12.8. The second kappa shape index (κ2) is 5.89. The minimum absolute atomic E-state index is 0.309. The number of nitrogen functional groups attached to an aromatic ring is 1. The number of fused-ring (bicyclic) bond motifs is 1. The van der Waals surface area contributed by atoms with Gasteiger partial charge in [-0.3, -0.25) is 19.8 Å². The first kappa shape index (κ1) is 13.0. The highest BCUT2D eigenvalue weighted by Crippen LogP contribution is 2.08. The highest BCUT2D eigenvalue weighted by Gasteiger charge is 2.01. The SMILES string of the molecule is CCCC.Nc1ccc2c(=O)[nH][nH]c(=O)c2c1. The fraction of sp³-hybridized carbons (Fsp3) is 0.333. The number of nitrogens with two attached hydrogens (primary N) is 1. The van der Waals surface area contributed by atoms with Gasteiger partial charge in [0.15, 0.2) is 0 Å². The molecule has 92 valence electrons. The van der Waals surface area contributed by atoms with Crippen molar-refractivity contribution < 1.29 is 0 Å². The predicted octanol–water partition coefficient (Wildman–Crippen LogP) is 1.60. The second-order valence-corrected chi connectivity index (χ2v) is 3.71. The second-order valence-electron chi connectivity index (χ2n) is 3.71. The number of benzene rings is 1. The van der Waals surface area contributed by atoms with Gasteiger partial charge in [-0.1, -0.05) is 26.7 Å². The number of rotatable bonds is 1. The maximum absolute atomic E-state index is 11.2. The molecule has 0 radical (unpaired) electrons. The number of hydrogen-bond acceptors (Lipinski definition) is 3. The Labute approximate surface area is 98.6 Å². The number of unbranched alkanes of at least 4 members (excludes halogenated alkanes) is 1. The molecular weight excluding hydrogens is 218 g/mol. The summed E-state index contributed by atoms with van der Waals surface area (Å²) in [4.78, 5) is 22.4. The van der Waals surface area contributed by atoms with Crippen molar-refractivity contribution in [1.82, 2.24) is 10.2 Å². The van der Waals surface area contributed by atoms with Crippen molar-refractivity contribution in [3.05, 3.63) is 38.9 Å². The number of hydrogen-bond donors (Lipinski definition) is 3. The molecule has 1 heterocycles. The largest absolute Gasteiger partial charge is 0.399 e. The molecule has 17 heavy (non-hydrogen) atoms. The fourth-order valence-corrected chi connectivity index (χ4v) is 1.20. The van der Waals surface area contributed by atoms with Crippen molar-refractivity contribution in [2.24, 2.45) is 0 Å². The van der Waals surface area contributed by atoms with Crippen LogP contribution in [0.2, 0.25) is 0 Å². The van der Waals surface area contributed by atoms with Crippen molar-refractivity contribution in [3.63, 3.8) is 0 Å². The van der Waals surface area contributed by atoms with Crippen LogP contribution in [0.15, 0.2) is 27.8 Å². The van der Waals surface area contributed by atoms with Gasteiger partial charge in [0.2, 0.25) is 0 Å². The van der Waals surface area contributed by atoms with Gasteiger partial charge in [0.25, 0.3) is 11.1 Å². The molecule has 0 saturated heterocycles. The Hall–Kier alpha value is -2.04. The Bertz CT molecular complexity index is 596. The molecule has 1 aromatic heterocycles. The molecule has 0 aliphatic heterocycles. The van der Waals surface area contributed by atoms with E-state index in [9.17, 15) is 9.59 Å². The summed E-state index contributed by atoms with van der Waals surface area (Å²) >= 11 is 0. The normalized spacial score (nSPS) is 9.76. The van der Waals surface area contributed by atoms with Gasteiger partial charge in [0.1, 0.15) is 0 Å². The number of nitrogens with one attached hydrogen (secondary N) is 2. The van der Waals surface area contributed by atoms with E-state index in [0.29, 0.717) is 16.5 Å². The Balaban J connectivity index is 0.000000317. The van der Waals surface area contributed by atoms with Crippen LogP contribution in [0.5, 0.6) is 0 Å². The summed E-state index contributed by atoms with van der Waals surface area (Å²) in [6.07, 6.45) is 2.64. The topological polar surface area (TPSA) is 91.7 Å². The third-order valence-electron chi connectivity index (χ3n) is 2.32. The zero-order valence-electron chi connectivity index (χ0n) is 10.0. The Morgan fingerprint density at radius 3 is 2.06 bits per heavy atom. The van der Waals surface area contributed by atoms with E-state index < -0.39 is 0 Å². The van der Waals surface area contributed by atoms with Gasteiger partial charge in [-0.15, -0.1) is 0 Å². The van der Waals surface area contributed by atoms with Crippen LogP contribution < -0.4 is 16.9 Å². The first-order valence-corrected chi connectivity index (χ1v) is 5.60. The van der Waals surface area contributed by atoms with Crippen LogP contribution in [0.1, 0.15) is 26.7 Å². The van der Waals surface area contributed by atoms with Crippen molar-refractivity contribution in [1.29, 1.82) is 0 Å². The summed E-state index contributed by atoms with van der Waals surface area (Å²) in [5.74, 6) is 0. The molecule has 0 aliphatic rings. The average molecular weight is 235 g/mol. The van der Waals surface area contributed by atoms with Crippen LogP contribution in [0.3, 0.4) is 0 Å². The molecule has 2 rings (SSSR count). The van der Waals surface area contributed by atoms with E-state index in [1.165, 1.54) is 25.0 Å². The highest BCUT2D eigenvalue weighted by atomic mass is 16.1. The van der Waals surface area contributed by atoms with Crippen molar-refractivity contribution in [3.8, 4) is 0 Å². The van der Waals surface area contributed by atoms with Crippen molar-refractivity contribution in [2.75, 3.05) is 5.73 Å². The summed E-state index contributed by atoms with van der Waals surface area (Å²) in [5, 5.41) is 5.10. The van der Waals surface area contributed by atoms with E-state index in [0.717, 1.165) is 0 Å². The van der Waals surface area contributed by atoms with Gasteiger partial charge < -0.3 is 5.73 Å². The maximum atomic E-state index is 11.2. The highest BCUT2D eigenvalue weighted by molar-refractivity contribution is 5.83. The molecule has 5 heteroatoms. The molecule has 0 atom stereocenters. The van der Waals surface area contributed by atoms with Crippen LogP contribution in [-0.2, 0) is 0 Å². The molecular formula is C12H17N3O2. The first-order chi connectivity index (χ1) is 8.10. The van der Waals surface area contributed by atoms with Gasteiger partial charge >= 0.3 is 0 Å². The van der Waals surface area contributed by atoms with Crippen LogP contribution in [0.4, 0.5) is 5.69 Å². The Kier molecular flexibility index (Phi) is 4.51. The van der Waals surface area contributed by atoms with Crippen molar-refractivity contribution in [2.45, 2.75) is 26.7 Å². The molecule has 0 unspecified atom stereocenters. The van der Waals surface area contributed by atoms with Gasteiger partial charge in [0.05, 0.1) is 10.8 Å². The quantitative estimate of drug-likeness (QED) is 0.655. The van der Waals surface area contributed by atoms with E-state index in [2.05, 4.69) is 24.0 Å². The van der Waals surface area contributed by atoms with Crippen molar-refractivity contribution >= 4 is 16.5 Å². The molecule has 5 nitrogen and oxygen atoms in total. The number of H-pyrrole nitrogens is 2. The van der Waals surface area contributed by atoms with Gasteiger partial charge in [-0.2, -0.15) is 0 Å². The molecule has 1 aromatic carbocycles. The maximum Gasteiger partial charge on any atom is 0.270 e. The standard InChI is InChI=1S/C8H7N3O2.C4H10/c9-4-1-2-5-6(3-4)8(13)11-10-7(5)12;1-3-4-2/h1-3H,9H2,(H,10,12)(H,11,13);3-4H2,1-2H3. The lowest BCUT2D eigenvalue weighted by atomic mass is 10.2. The van der Waals surface area contributed by atoms with E-state index in [1.807, 2.05) is 0 Å². The van der Waals surface area contributed by atoms with Crippen LogP contribution >= 0.6 is 0 Å². The summed E-state index contributed by atoms with van der Waals surface area (Å²) in [6, 6.07) is 4.58. The summed E-state index contributed by atoms with van der Waals surface area (Å²) in [7, 11) is 0. The van der Waals surface area contributed by atoms with Gasteiger partial charge in [-0.05, 0) is 18.2 Å². The van der Waals surface area contributed by atoms with E-state index in [1.54, 1.807) is 6.07 Å². The van der Waals surface area contributed by atoms with Gasteiger partial charge in [-0.25, -0.2) is 0 Å². The minimum atomic E-state index is -0.345. The smallest absolute Gasteiger partial charge is 0.270 e. The zero-order valence-corrected chi connectivity index (χ0v) is 10.0. The minimum Gasteiger partial charge on any atom is -0.399 e. The average Bonchev–Trinajstić information content (AvgIpc) is 2.34. The number of anilines is 1. The predicted molar refractivity (Wildman–Crippen MR) is 70.2 cm³/mol. The van der Waals surface area contributed by atoms with Crippen LogP contribution in [0, 0.1) is 0 Å². The molecule has 0 aliphatic carbocycles. The molecule has 0 fully saturated rings. The number of aromatic nitrogens is 2. The lowest BCUT2D eigenvalue weighted by Crippen LogP contribution is -2.18. The first-order valence-electron chi connectivity index (χ1n) is 5.60. The molecule has 0 bridgehead atoms.